The molecule has 1 fully saturated rings. The van der Waals surface area contributed by atoms with Gasteiger partial charge in [-0.05, 0) is 49.6 Å². The van der Waals surface area contributed by atoms with Crippen molar-refractivity contribution in [3.05, 3.63) is 69.9 Å². The van der Waals surface area contributed by atoms with Gasteiger partial charge in [0.15, 0.2) is 0 Å². The molecule has 1 aromatic heterocycles. The van der Waals surface area contributed by atoms with E-state index in [-0.39, 0.29) is 15.6 Å². The van der Waals surface area contributed by atoms with Crippen molar-refractivity contribution in [2.24, 2.45) is 0 Å². The number of nitrogens with zero attached hydrogens (tertiary/aromatic N) is 3. The molecule has 7 nitrogen and oxygen atoms in total. The smallest absolute Gasteiger partial charge is 0.286 e. The van der Waals surface area contributed by atoms with Crippen molar-refractivity contribution < 1.29 is 17.6 Å². The molecule has 2 heterocycles. The van der Waals surface area contributed by atoms with E-state index in [2.05, 4.69) is 15.5 Å². The molecule has 30 heavy (non-hydrogen) atoms. The Balaban J connectivity index is 1.56. The molecule has 1 aliphatic rings. The molecule has 1 amide bonds. The quantitative estimate of drug-likeness (QED) is 0.644. The molecule has 0 radical (unpaired) electrons. The van der Waals surface area contributed by atoms with Gasteiger partial charge in [0.25, 0.3) is 5.91 Å². The molecule has 156 valence electrons. The average Bonchev–Trinajstić information content (AvgIpc) is 3.39. The average molecular weight is 447 g/mol. The maximum Gasteiger partial charge on any atom is 0.286 e. The van der Waals surface area contributed by atoms with Crippen LogP contribution in [0.5, 0.6) is 0 Å². The van der Waals surface area contributed by atoms with Crippen LogP contribution in [-0.4, -0.2) is 35.4 Å². The molecule has 0 saturated carbocycles. The van der Waals surface area contributed by atoms with Crippen LogP contribution >= 0.6 is 11.3 Å². The third kappa shape index (κ3) is 3.98. The fourth-order valence-electron chi connectivity index (χ4n) is 3.39. The number of benzene rings is 2. The molecule has 0 unspecified atom stereocenters. The highest BCUT2D eigenvalue weighted by Gasteiger charge is 2.38. The minimum atomic E-state index is -3.70. The second-order valence-electron chi connectivity index (χ2n) is 6.97. The van der Waals surface area contributed by atoms with E-state index < -0.39 is 27.8 Å². The number of aromatic nitrogens is 2. The van der Waals surface area contributed by atoms with Crippen LogP contribution in [-0.2, 0) is 10.0 Å². The van der Waals surface area contributed by atoms with Crippen molar-refractivity contribution in [3.63, 3.8) is 0 Å². The number of amides is 1. The van der Waals surface area contributed by atoms with Gasteiger partial charge in [0.2, 0.25) is 15.0 Å². The highest BCUT2D eigenvalue weighted by atomic mass is 32.2. The van der Waals surface area contributed by atoms with Gasteiger partial charge in [0.1, 0.15) is 10.8 Å². The van der Waals surface area contributed by atoms with Gasteiger partial charge in [0, 0.05) is 6.54 Å². The first kappa shape index (κ1) is 20.6. The van der Waals surface area contributed by atoms with Gasteiger partial charge in [-0.2, -0.15) is 4.31 Å². The van der Waals surface area contributed by atoms with Crippen molar-refractivity contribution in [3.8, 4) is 0 Å². The van der Waals surface area contributed by atoms with Crippen molar-refractivity contribution in [1.29, 1.82) is 0 Å². The maximum atomic E-state index is 13.8. The Hall–Kier alpha value is -2.69. The van der Waals surface area contributed by atoms with Gasteiger partial charge in [0.05, 0.1) is 16.6 Å². The normalized spacial score (nSPS) is 17.2. The summed E-state index contributed by atoms with van der Waals surface area (Å²) >= 11 is 1.02. The molecule has 4 rings (SSSR count). The summed E-state index contributed by atoms with van der Waals surface area (Å²) in [5.41, 5.74) is 0.901. The van der Waals surface area contributed by atoms with E-state index in [9.17, 15) is 17.6 Å². The summed E-state index contributed by atoms with van der Waals surface area (Å²) in [6.45, 7) is 2.21. The molecule has 0 aliphatic carbocycles. The van der Waals surface area contributed by atoms with Crippen LogP contribution in [0.3, 0.4) is 0 Å². The molecule has 1 aliphatic heterocycles. The number of rotatable bonds is 5. The number of halogens is 1. The third-order valence-corrected chi connectivity index (χ3v) is 7.77. The monoisotopic (exact) mass is 446 g/mol. The molecule has 10 heteroatoms. The summed E-state index contributed by atoms with van der Waals surface area (Å²) in [6, 6.07) is 12.1. The number of sulfonamides is 1. The fourth-order valence-corrected chi connectivity index (χ4v) is 6.10. The Kier molecular flexibility index (Phi) is 5.63. The van der Waals surface area contributed by atoms with E-state index in [1.807, 2.05) is 13.0 Å². The van der Waals surface area contributed by atoms with Gasteiger partial charge in [-0.25, -0.2) is 12.8 Å². The first-order valence-corrected chi connectivity index (χ1v) is 11.6. The molecule has 3 aromatic rings. The molecule has 1 N–H and O–H groups in total. The third-order valence-electron chi connectivity index (χ3n) is 4.84. The number of carbonyl (C=O) groups is 1. The van der Waals surface area contributed by atoms with Crippen molar-refractivity contribution in [2.45, 2.75) is 30.7 Å². The zero-order valence-corrected chi connectivity index (χ0v) is 17.7. The Morgan fingerprint density at radius 3 is 2.77 bits per heavy atom. The summed E-state index contributed by atoms with van der Waals surface area (Å²) in [5, 5.41) is 10.9. The lowest BCUT2D eigenvalue weighted by Crippen LogP contribution is -2.30. The largest absolute Gasteiger partial charge is 0.317 e. The highest BCUT2D eigenvalue weighted by molar-refractivity contribution is 7.89. The Labute approximate surface area is 177 Å². The first-order chi connectivity index (χ1) is 14.4. The molecule has 0 spiro atoms. The number of para-hydroxylation sites is 1. The summed E-state index contributed by atoms with van der Waals surface area (Å²) in [6.07, 6.45) is 1.28. The summed E-state index contributed by atoms with van der Waals surface area (Å²) in [4.78, 5) is 12.7. The molecule has 1 atom stereocenters. The fraction of sp³-hybridized carbons (Fsp3) is 0.250. The van der Waals surface area contributed by atoms with E-state index in [4.69, 9.17) is 0 Å². The molecule has 2 aromatic carbocycles. The van der Waals surface area contributed by atoms with Crippen LogP contribution in [0.2, 0.25) is 0 Å². The van der Waals surface area contributed by atoms with Crippen molar-refractivity contribution >= 4 is 33.0 Å². The van der Waals surface area contributed by atoms with Gasteiger partial charge in [-0.15, -0.1) is 10.2 Å². The van der Waals surface area contributed by atoms with Gasteiger partial charge < -0.3 is 5.32 Å². The van der Waals surface area contributed by atoms with E-state index in [0.717, 1.165) is 16.9 Å². The zero-order chi connectivity index (χ0) is 21.3. The summed E-state index contributed by atoms with van der Waals surface area (Å²) in [7, 11) is -3.70. The van der Waals surface area contributed by atoms with Gasteiger partial charge in [-0.3, -0.25) is 4.79 Å². The van der Waals surface area contributed by atoms with E-state index in [1.165, 1.54) is 22.5 Å². The lowest BCUT2D eigenvalue weighted by atomic mass is 10.2. The molecule has 1 saturated heterocycles. The van der Waals surface area contributed by atoms with E-state index in [1.54, 1.807) is 24.3 Å². The topological polar surface area (TPSA) is 92.3 Å². The molecular weight excluding hydrogens is 427 g/mol. The van der Waals surface area contributed by atoms with Crippen molar-refractivity contribution in [2.75, 3.05) is 11.9 Å². The molecular formula is C20H19FN4O3S2. The lowest BCUT2D eigenvalue weighted by molar-refractivity contribution is 0.102. The van der Waals surface area contributed by atoms with Crippen LogP contribution in [0.1, 0.15) is 39.3 Å². The van der Waals surface area contributed by atoms with Gasteiger partial charge in [-0.1, -0.05) is 35.6 Å². The van der Waals surface area contributed by atoms with E-state index in [0.29, 0.717) is 24.4 Å². The lowest BCUT2D eigenvalue weighted by Gasteiger charge is -2.22. The number of hydrogen-bond donors (Lipinski definition) is 1. The first-order valence-electron chi connectivity index (χ1n) is 9.34. The zero-order valence-electron chi connectivity index (χ0n) is 16.1. The SMILES string of the molecule is Cc1cccc(S(=O)(=O)N2CCC[C@H]2c2nnc(C(=O)Nc3ccccc3F)s2)c1. The number of carbonyl (C=O) groups excluding carboxylic acids is 1. The number of anilines is 1. The minimum absolute atomic E-state index is 0.0452. The van der Waals surface area contributed by atoms with Crippen LogP contribution in [0.4, 0.5) is 10.1 Å². The van der Waals surface area contributed by atoms with E-state index >= 15 is 0 Å². The van der Waals surface area contributed by atoms with Gasteiger partial charge >= 0.3 is 0 Å². The minimum Gasteiger partial charge on any atom is -0.317 e. The Morgan fingerprint density at radius 1 is 1.20 bits per heavy atom. The Morgan fingerprint density at radius 2 is 2.00 bits per heavy atom. The van der Waals surface area contributed by atoms with Crippen LogP contribution in [0.25, 0.3) is 0 Å². The second kappa shape index (κ2) is 8.21. The van der Waals surface area contributed by atoms with Crippen molar-refractivity contribution in [1.82, 2.24) is 14.5 Å². The van der Waals surface area contributed by atoms with Crippen LogP contribution < -0.4 is 5.32 Å². The van der Waals surface area contributed by atoms with Crippen LogP contribution in [0, 0.1) is 12.7 Å². The predicted octanol–water partition coefficient (Wildman–Crippen LogP) is 3.76. The van der Waals surface area contributed by atoms with Crippen LogP contribution in [0.15, 0.2) is 53.4 Å². The molecule has 0 bridgehead atoms. The summed E-state index contributed by atoms with van der Waals surface area (Å²) in [5.74, 6) is -1.14. The second-order valence-corrected chi connectivity index (χ2v) is 9.87. The maximum absolute atomic E-state index is 13.8. The standard InChI is InChI=1S/C20H19FN4O3S2/c1-13-6-4-7-14(12-13)30(27,28)25-11-5-10-17(25)19-23-24-20(29-19)18(26)22-16-9-3-2-8-15(16)21/h2-4,6-9,12,17H,5,10-11H2,1H3,(H,22,26)/t17-/m0/s1. The summed E-state index contributed by atoms with van der Waals surface area (Å²) < 4.78 is 41.5. The number of aryl methyl sites for hydroxylation is 1. The highest BCUT2D eigenvalue weighted by Crippen LogP contribution is 2.37. The predicted molar refractivity (Wildman–Crippen MR) is 111 cm³/mol. The number of nitrogens with one attached hydrogen (secondary N) is 1. The Bertz CT molecular complexity index is 1200. The number of hydrogen-bond acceptors (Lipinski definition) is 6.